The highest BCUT2D eigenvalue weighted by atomic mass is 32.2. The van der Waals surface area contributed by atoms with Crippen molar-refractivity contribution in [2.75, 3.05) is 11.1 Å². The largest absolute Gasteiger partial charge is 0.433 e. The number of carbonyl (C=O) groups is 1. The summed E-state index contributed by atoms with van der Waals surface area (Å²) >= 11 is 2.15. The molecular weight excluding hydrogens is 395 g/mol. The number of rotatable bonds is 5. The molecule has 0 bridgehead atoms. The van der Waals surface area contributed by atoms with Gasteiger partial charge in [0.15, 0.2) is 5.16 Å². The molecule has 0 aliphatic rings. The van der Waals surface area contributed by atoms with Crippen LogP contribution < -0.4 is 5.32 Å². The van der Waals surface area contributed by atoms with Crippen LogP contribution >= 0.6 is 23.1 Å². The summed E-state index contributed by atoms with van der Waals surface area (Å²) in [6, 6.07) is 11.6. The molecule has 1 N–H and O–H groups in total. The molecule has 2 heterocycles. The van der Waals surface area contributed by atoms with Crippen LogP contribution in [-0.2, 0) is 11.0 Å². The number of benzene rings is 1. The van der Waals surface area contributed by atoms with E-state index >= 15 is 0 Å². The maximum atomic E-state index is 13.1. The Hall–Kier alpha value is -2.39. The van der Waals surface area contributed by atoms with Gasteiger partial charge in [0.05, 0.1) is 16.3 Å². The minimum absolute atomic E-state index is 0.0905. The van der Waals surface area contributed by atoms with E-state index < -0.39 is 11.9 Å². The van der Waals surface area contributed by atoms with Gasteiger partial charge in [-0.25, -0.2) is 9.97 Å². The summed E-state index contributed by atoms with van der Waals surface area (Å²) in [4.78, 5) is 20.4. The molecule has 140 valence electrons. The number of amides is 1. The lowest BCUT2D eigenvalue weighted by Gasteiger charge is -2.10. The molecular formula is C18H14F3N3OS2. The molecule has 3 aromatic rings. The second kappa shape index (κ2) is 8.10. The fraction of sp³-hybridized carbons (Fsp3) is 0.167. The van der Waals surface area contributed by atoms with Crippen LogP contribution in [0.4, 0.5) is 18.9 Å². The number of nitrogens with one attached hydrogen (secondary N) is 1. The number of anilines is 1. The van der Waals surface area contributed by atoms with E-state index in [2.05, 4.69) is 15.3 Å². The molecule has 0 saturated carbocycles. The molecule has 0 radical (unpaired) electrons. The zero-order valence-electron chi connectivity index (χ0n) is 14.1. The summed E-state index contributed by atoms with van der Waals surface area (Å²) in [5.74, 6) is -0.443. The Bertz CT molecular complexity index is 926. The van der Waals surface area contributed by atoms with Gasteiger partial charge in [-0.2, -0.15) is 13.2 Å². The first-order chi connectivity index (χ1) is 12.8. The number of alkyl halides is 3. The Morgan fingerprint density at radius 1 is 1.19 bits per heavy atom. The van der Waals surface area contributed by atoms with Gasteiger partial charge in [-0.3, -0.25) is 4.79 Å². The third kappa shape index (κ3) is 5.30. The predicted molar refractivity (Wildman–Crippen MR) is 101 cm³/mol. The Kier molecular flexibility index (Phi) is 5.81. The number of carbonyl (C=O) groups excluding carboxylic acids is 1. The van der Waals surface area contributed by atoms with E-state index in [1.54, 1.807) is 29.6 Å². The van der Waals surface area contributed by atoms with Crippen LogP contribution in [0.25, 0.3) is 10.6 Å². The smallest absolute Gasteiger partial charge is 0.325 e. The lowest BCUT2D eigenvalue weighted by atomic mass is 10.2. The number of nitrogens with zero attached hydrogens (tertiary/aromatic N) is 2. The van der Waals surface area contributed by atoms with Gasteiger partial charge in [-0.1, -0.05) is 35.5 Å². The number of aromatic nitrogens is 2. The first-order valence-corrected chi connectivity index (χ1v) is 9.67. The number of aryl methyl sites for hydroxylation is 1. The molecule has 0 aliphatic carbocycles. The summed E-state index contributed by atoms with van der Waals surface area (Å²) in [5, 5.41) is 4.36. The molecule has 0 aliphatic heterocycles. The normalized spacial score (nSPS) is 11.4. The van der Waals surface area contributed by atoms with Crippen molar-refractivity contribution in [2.45, 2.75) is 18.3 Å². The van der Waals surface area contributed by atoms with Gasteiger partial charge in [-0.15, -0.1) is 11.3 Å². The van der Waals surface area contributed by atoms with E-state index in [4.69, 9.17) is 0 Å². The standard InChI is InChI=1S/C18H14F3N3OS2/c1-11-4-6-12(7-5-11)22-16(25)10-27-17-23-13(14-3-2-8-26-14)9-15(24-17)18(19,20)21/h2-9H,10H2,1H3,(H,22,25). The van der Waals surface area contributed by atoms with Gasteiger partial charge < -0.3 is 5.32 Å². The topological polar surface area (TPSA) is 54.9 Å². The molecule has 2 aromatic heterocycles. The Morgan fingerprint density at radius 3 is 2.56 bits per heavy atom. The summed E-state index contributed by atoms with van der Waals surface area (Å²) in [6.45, 7) is 1.93. The zero-order valence-corrected chi connectivity index (χ0v) is 15.7. The molecule has 1 amide bonds. The minimum atomic E-state index is -4.59. The van der Waals surface area contributed by atoms with Gasteiger partial charge in [0.2, 0.25) is 5.91 Å². The van der Waals surface area contributed by atoms with E-state index in [1.165, 1.54) is 11.3 Å². The SMILES string of the molecule is Cc1ccc(NC(=O)CSc2nc(-c3cccs3)cc(C(F)(F)F)n2)cc1. The molecule has 4 nitrogen and oxygen atoms in total. The first-order valence-electron chi connectivity index (χ1n) is 7.81. The molecule has 1 aromatic carbocycles. The van der Waals surface area contributed by atoms with Crippen LogP contribution in [0.1, 0.15) is 11.3 Å². The second-order valence-corrected chi connectivity index (χ2v) is 7.49. The van der Waals surface area contributed by atoms with Crippen LogP contribution in [0.5, 0.6) is 0 Å². The number of halogens is 3. The van der Waals surface area contributed by atoms with Crippen molar-refractivity contribution in [3.05, 3.63) is 59.1 Å². The van der Waals surface area contributed by atoms with Crippen molar-refractivity contribution in [3.8, 4) is 10.6 Å². The monoisotopic (exact) mass is 409 g/mol. The van der Waals surface area contributed by atoms with Crippen molar-refractivity contribution in [1.82, 2.24) is 9.97 Å². The van der Waals surface area contributed by atoms with Crippen LogP contribution in [0, 0.1) is 6.92 Å². The number of thioether (sulfide) groups is 1. The summed E-state index contributed by atoms with van der Waals surface area (Å²) in [7, 11) is 0. The predicted octanol–water partition coefficient (Wildman–Crippen LogP) is 5.26. The van der Waals surface area contributed by atoms with E-state index in [0.717, 1.165) is 23.4 Å². The minimum Gasteiger partial charge on any atom is -0.325 e. The van der Waals surface area contributed by atoms with Crippen LogP contribution in [0.15, 0.2) is 53.0 Å². The lowest BCUT2D eigenvalue weighted by Crippen LogP contribution is -2.15. The van der Waals surface area contributed by atoms with E-state index in [1.807, 2.05) is 19.1 Å². The summed E-state index contributed by atoms with van der Waals surface area (Å²) < 4.78 is 39.4. The van der Waals surface area contributed by atoms with Crippen molar-refractivity contribution < 1.29 is 18.0 Å². The van der Waals surface area contributed by atoms with Crippen molar-refractivity contribution in [2.24, 2.45) is 0 Å². The van der Waals surface area contributed by atoms with Crippen LogP contribution in [0.2, 0.25) is 0 Å². The Morgan fingerprint density at radius 2 is 1.93 bits per heavy atom. The molecule has 0 fully saturated rings. The second-order valence-electron chi connectivity index (χ2n) is 5.60. The summed E-state index contributed by atoms with van der Waals surface area (Å²) in [6.07, 6.45) is -4.59. The lowest BCUT2D eigenvalue weighted by molar-refractivity contribution is -0.141. The number of thiophene rings is 1. The van der Waals surface area contributed by atoms with Crippen LogP contribution in [0.3, 0.4) is 0 Å². The van der Waals surface area contributed by atoms with Gasteiger partial charge >= 0.3 is 6.18 Å². The quantitative estimate of drug-likeness (QED) is 0.461. The molecule has 0 unspecified atom stereocenters. The Labute approximate surface area is 161 Å². The number of hydrogen-bond donors (Lipinski definition) is 1. The van der Waals surface area contributed by atoms with Crippen LogP contribution in [-0.4, -0.2) is 21.6 Å². The maximum absolute atomic E-state index is 13.1. The van der Waals surface area contributed by atoms with E-state index in [0.29, 0.717) is 10.6 Å². The Balaban J connectivity index is 1.74. The number of hydrogen-bond acceptors (Lipinski definition) is 5. The maximum Gasteiger partial charge on any atom is 0.433 e. The fourth-order valence-electron chi connectivity index (χ4n) is 2.15. The highest BCUT2D eigenvalue weighted by molar-refractivity contribution is 7.99. The third-order valence-electron chi connectivity index (χ3n) is 3.44. The van der Waals surface area contributed by atoms with Gasteiger partial charge in [0, 0.05) is 5.69 Å². The first kappa shape index (κ1) is 19.4. The van der Waals surface area contributed by atoms with Gasteiger partial charge in [0.1, 0.15) is 5.69 Å². The van der Waals surface area contributed by atoms with Crippen molar-refractivity contribution >= 4 is 34.7 Å². The third-order valence-corrected chi connectivity index (χ3v) is 5.18. The molecule has 0 saturated heterocycles. The molecule has 27 heavy (non-hydrogen) atoms. The molecule has 0 spiro atoms. The average Bonchev–Trinajstić information content (AvgIpc) is 3.16. The average molecular weight is 409 g/mol. The molecule has 3 rings (SSSR count). The van der Waals surface area contributed by atoms with E-state index in [-0.39, 0.29) is 22.5 Å². The highest BCUT2D eigenvalue weighted by Crippen LogP contribution is 2.33. The molecule has 9 heteroatoms. The highest BCUT2D eigenvalue weighted by Gasteiger charge is 2.34. The van der Waals surface area contributed by atoms with Crippen molar-refractivity contribution in [1.29, 1.82) is 0 Å². The van der Waals surface area contributed by atoms with Gasteiger partial charge in [-0.05, 0) is 36.6 Å². The fourth-order valence-corrected chi connectivity index (χ4v) is 3.49. The zero-order chi connectivity index (χ0) is 19.4. The summed E-state index contributed by atoms with van der Waals surface area (Å²) in [5.41, 5.74) is 0.840. The van der Waals surface area contributed by atoms with Gasteiger partial charge in [0.25, 0.3) is 0 Å². The van der Waals surface area contributed by atoms with E-state index in [9.17, 15) is 18.0 Å². The molecule has 0 atom stereocenters. The van der Waals surface area contributed by atoms with Crippen molar-refractivity contribution in [3.63, 3.8) is 0 Å².